The molecule has 3 atom stereocenters. The zero-order chi connectivity index (χ0) is 13.9. The molecule has 1 heterocycles. The predicted octanol–water partition coefficient (Wildman–Crippen LogP) is 2.67. The maximum atomic E-state index is 12.7. The number of hydrogen-bond donors (Lipinski definition) is 0. The number of fused-ring (bicyclic) bond motifs is 3. The Balaban J connectivity index is 1.70. The first-order chi connectivity index (χ1) is 9.59. The van der Waals surface area contributed by atoms with Gasteiger partial charge in [-0.3, -0.25) is 0 Å². The van der Waals surface area contributed by atoms with E-state index in [1.165, 1.54) is 11.1 Å². The molecule has 1 unspecified atom stereocenters. The molecular weight excluding hydrogens is 270 g/mol. The summed E-state index contributed by atoms with van der Waals surface area (Å²) in [5.41, 5.74) is 3.53. The van der Waals surface area contributed by atoms with E-state index in [0.29, 0.717) is 4.90 Å². The van der Waals surface area contributed by atoms with Crippen LogP contribution in [-0.2, 0) is 16.4 Å². The van der Waals surface area contributed by atoms with E-state index in [9.17, 15) is 8.42 Å². The molecule has 0 amide bonds. The quantitative estimate of drug-likeness (QED) is 0.796. The van der Waals surface area contributed by atoms with E-state index in [-0.39, 0.29) is 12.1 Å². The number of sulfonamides is 1. The fourth-order valence-corrected chi connectivity index (χ4v) is 4.97. The lowest BCUT2D eigenvalue weighted by Crippen LogP contribution is -2.17. The van der Waals surface area contributed by atoms with Crippen molar-refractivity contribution in [2.75, 3.05) is 0 Å². The molecule has 3 nitrogen and oxygen atoms in total. The van der Waals surface area contributed by atoms with Gasteiger partial charge < -0.3 is 0 Å². The van der Waals surface area contributed by atoms with Crippen LogP contribution in [0.3, 0.4) is 0 Å². The Morgan fingerprint density at radius 1 is 1.05 bits per heavy atom. The number of rotatable bonds is 2. The van der Waals surface area contributed by atoms with Crippen molar-refractivity contribution in [3.63, 3.8) is 0 Å². The van der Waals surface area contributed by atoms with Crippen molar-refractivity contribution in [1.82, 2.24) is 4.31 Å². The van der Waals surface area contributed by atoms with Gasteiger partial charge in [-0.2, -0.15) is 4.31 Å². The first-order valence-corrected chi connectivity index (χ1v) is 8.21. The summed E-state index contributed by atoms with van der Waals surface area (Å²) in [6.45, 7) is 1.96. The Hall–Kier alpha value is -1.65. The Morgan fingerprint density at radius 2 is 1.75 bits per heavy atom. The Labute approximate surface area is 118 Å². The van der Waals surface area contributed by atoms with Crippen LogP contribution < -0.4 is 0 Å². The minimum absolute atomic E-state index is 0.0532. The molecule has 0 radical (unpaired) electrons. The second kappa shape index (κ2) is 3.93. The van der Waals surface area contributed by atoms with Crippen LogP contribution in [0.4, 0.5) is 0 Å². The van der Waals surface area contributed by atoms with Crippen LogP contribution in [0.2, 0.25) is 0 Å². The van der Waals surface area contributed by atoms with Crippen LogP contribution in [0, 0.1) is 6.92 Å². The molecular formula is C16H15NO2S. The van der Waals surface area contributed by atoms with Crippen molar-refractivity contribution < 1.29 is 8.42 Å². The molecule has 2 aliphatic rings. The van der Waals surface area contributed by atoms with Gasteiger partial charge in [0.2, 0.25) is 10.0 Å². The summed E-state index contributed by atoms with van der Waals surface area (Å²) < 4.78 is 27.0. The molecule has 4 heteroatoms. The monoisotopic (exact) mass is 285 g/mol. The standard InChI is InChI=1S/C16H15NO2S/c1-11-6-8-13(9-7-11)20(18,19)17-15-10-12-4-2-3-5-14(12)16(15)17/h2-9,15-16H,10H2,1H3/t15-,16+,17?/m0/s1. The Kier molecular flexibility index (Phi) is 2.38. The van der Waals surface area contributed by atoms with Crippen LogP contribution >= 0.6 is 0 Å². The largest absolute Gasteiger partial charge is 0.244 e. The van der Waals surface area contributed by atoms with Crippen LogP contribution in [0.1, 0.15) is 22.7 Å². The molecule has 1 aliphatic heterocycles. The van der Waals surface area contributed by atoms with Gasteiger partial charge in [-0.25, -0.2) is 8.42 Å². The van der Waals surface area contributed by atoms with Crippen molar-refractivity contribution in [3.8, 4) is 0 Å². The van der Waals surface area contributed by atoms with E-state index in [0.717, 1.165) is 12.0 Å². The van der Waals surface area contributed by atoms with Crippen LogP contribution in [0.15, 0.2) is 53.4 Å². The smallest absolute Gasteiger partial charge is 0.207 e. The van der Waals surface area contributed by atoms with Crippen molar-refractivity contribution >= 4 is 10.0 Å². The van der Waals surface area contributed by atoms with Crippen LogP contribution in [0.5, 0.6) is 0 Å². The van der Waals surface area contributed by atoms with E-state index < -0.39 is 10.0 Å². The van der Waals surface area contributed by atoms with E-state index in [4.69, 9.17) is 0 Å². The van der Waals surface area contributed by atoms with Gasteiger partial charge in [-0.15, -0.1) is 0 Å². The van der Waals surface area contributed by atoms with Gasteiger partial charge in [0.25, 0.3) is 0 Å². The molecule has 0 saturated carbocycles. The van der Waals surface area contributed by atoms with Crippen molar-refractivity contribution in [1.29, 1.82) is 0 Å². The second-order valence-corrected chi connectivity index (χ2v) is 7.41. The van der Waals surface area contributed by atoms with E-state index >= 15 is 0 Å². The zero-order valence-electron chi connectivity index (χ0n) is 11.2. The minimum Gasteiger partial charge on any atom is -0.207 e. The SMILES string of the molecule is Cc1ccc(S(=O)(=O)N2[C@@H]3c4ccccc4C[C@@H]32)cc1. The molecule has 0 bridgehead atoms. The van der Waals surface area contributed by atoms with E-state index in [2.05, 4.69) is 6.07 Å². The molecule has 20 heavy (non-hydrogen) atoms. The topological polar surface area (TPSA) is 37.1 Å². The van der Waals surface area contributed by atoms with E-state index in [1.807, 2.05) is 37.3 Å². The Morgan fingerprint density at radius 3 is 2.50 bits per heavy atom. The summed E-state index contributed by atoms with van der Waals surface area (Å²) in [4.78, 5) is 0.398. The maximum absolute atomic E-state index is 12.7. The highest BCUT2D eigenvalue weighted by atomic mass is 32.2. The first kappa shape index (κ1) is 12.1. The van der Waals surface area contributed by atoms with Gasteiger partial charge in [-0.05, 0) is 36.6 Å². The van der Waals surface area contributed by atoms with Crippen LogP contribution in [-0.4, -0.2) is 18.8 Å². The third kappa shape index (κ3) is 1.58. The van der Waals surface area contributed by atoms with Gasteiger partial charge in [-0.1, -0.05) is 42.0 Å². The molecule has 1 aliphatic carbocycles. The summed E-state index contributed by atoms with van der Waals surface area (Å²) in [6.07, 6.45) is 0.839. The maximum Gasteiger partial charge on any atom is 0.244 e. The molecule has 0 aromatic heterocycles. The summed E-state index contributed by atoms with van der Waals surface area (Å²) in [5.74, 6) is 0. The normalized spacial score (nSPS) is 26.9. The highest BCUT2D eigenvalue weighted by Crippen LogP contribution is 2.54. The molecule has 1 fully saturated rings. The van der Waals surface area contributed by atoms with Gasteiger partial charge >= 0.3 is 0 Å². The van der Waals surface area contributed by atoms with Gasteiger partial charge in [0, 0.05) is 0 Å². The van der Waals surface area contributed by atoms with Crippen molar-refractivity contribution in [2.45, 2.75) is 30.3 Å². The second-order valence-electron chi connectivity index (χ2n) is 5.56. The fourth-order valence-electron chi connectivity index (χ4n) is 3.20. The molecule has 4 rings (SSSR count). The summed E-state index contributed by atoms with van der Waals surface area (Å²) in [7, 11) is -3.35. The van der Waals surface area contributed by atoms with Gasteiger partial charge in [0.15, 0.2) is 0 Å². The van der Waals surface area contributed by atoms with Gasteiger partial charge in [0.1, 0.15) is 0 Å². The Bertz CT molecular complexity index is 780. The number of benzene rings is 2. The molecule has 0 N–H and O–H groups in total. The predicted molar refractivity (Wildman–Crippen MR) is 76.9 cm³/mol. The zero-order valence-corrected chi connectivity index (χ0v) is 12.0. The van der Waals surface area contributed by atoms with Crippen molar-refractivity contribution in [2.24, 2.45) is 0 Å². The first-order valence-electron chi connectivity index (χ1n) is 6.77. The molecule has 1 saturated heterocycles. The third-order valence-electron chi connectivity index (χ3n) is 4.27. The summed E-state index contributed by atoms with van der Waals surface area (Å²) >= 11 is 0. The number of aryl methyl sites for hydroxylation is 1. The van der Waals surface area contributed by atoms with E-state index in [1.54, 1.807) is 16.4 Å². The minimum atomic E-state index is -3.35. The average Bonchev–Trinajstić information content (AvgIpc) is 3.04. The highest BCUT2D eigenvalue weighted by Gasteiger charge is 2.59. The van der Waals surface area contributed by atoms with Gasteiger partial charge in [0.05, 0.1) is 17.0 Å². The van der Waals surface area contributed by atoms with Crippen molar-refractivity contribution in [3.05, 3.63) is 65.2 Å². The molecule has 2 aromatic rings. The average molecular weight is 285 g/mol. The van der Waals surface area contributed by atoms with Crippen LogP contribution in [0.25, 0.3) is 0 Å². The fraction of sp³-hybridized carbons (Fsp3) is 0.250. The molecule has 0 spiro atoms. The molecule has 102 valence electrons. The third-order valence-corrected chi connectivity index (χ3v) is 6.20. The lowest BCUT2D eigenvalue weighted by atomic mass is 10.1. The summed E-state index contributed by atoms with van der Waals surface area (Å²) in [5, 5.41) is 0. The number of nitrogens with zero attached hydrogens (tertiary/aromatic N) is 1. The highest BCUT2D eigenvalue weighted by molar-refractivity contribution is 7.89. The number of hydrogen-bond acceptors (Lipinski definition) is 2. The summed E-state index contributed by atoms with van der Waals surface area (Å²) in [6, 6.07) is 15.4. The lowest BCUT2D eigenvalue weighted by Gasteiger charge is -2.11. The molecule has 2 aromatic carbocycles. The lowest BCUT2D eigenvalue weighted by molar-refractivity contribution is 0.541.